The van der Waals surface area contributed by atoms with E-state index >= 15 is 0 Å². The number of hydrogen-bond donors (Lipinski definition) is 1. The van der Waals surface area contributed by atoms with E-state index in [-0.39, 0.29) is 30.1 Å². The number of rotatable bonds is 3. The molecule has 1 aromatic rings. The largest absolute Gasteiger partial charge is 0.497 e. The van der Waals surface area contributed by atoms with Crippen molar-refractivity contribution in [3.05, 3.63) is 24.3 Å². The summed E-state index contributed by atoms with van der Waals surface area (Å²) in [5.74, 6) is 0.570. The summed E-state index contributed by atoms with van der Waals surface area (Å²) >= 11 is 0. The van der Waals surface area contributed by atoms with Gasteiger partial charge in [0, 0.05) is 50.9 Å². The predicted octanol–water partition coefficient (Wildman–Crippen LogP) is 0.902. The molecule has 23 heavy (non-hydrogen) atoms. The lowest BCUT2D eigenvalue weighted by Gasteiger charge is -2.29. The molecular formula is C16H22ClN3O3. The summed E-state index contributed by atoms with van der Waals surface area (Å²) in [7, 11) is 1.60. The summed E-state index contributed by atoms with van der Waals surface area (Å²) < 4.78 is 5.20. The van der Waals surface area contributed by atoms with E-state index in [0.717, 1.165) is 31.9 Å². The number of carbonyl (C=O) groups is 2. The molecule has 2 aliphatic rings. The van der Waals surface area contributed by atoms with Crippen molar-refractivity contribution in [3.8, 4) is 5.75 Å². The Bertz CT molecular complexity index is 575. The first-order valence-corrected chi connectivity index (χ1v) is 7.63. The molecule has 0 aliphatic carbocycles. The summed E-state index contributed by atoms with van der Waals surface area (Å²) in [5.41, 5.74) is 0.792. The molecule has 3 rings (SSSR count). The number of ether oxygens (including phenoxy) is 1. The van der Waals surface area contributed by atoms with Crippen LogP contribution in [0.3, 0.4) is 0 Å². The van der Waals surface area contributed by atoms with Crippen LogP contribution in [0.25, 0.3) is 0 Å². The van der Waals surface area contributed by atoms with Gasteiger partial charge < -0.3 is 19.9 Å². The summed E-state index contributed by atoms with van der Waals surface area (Å²) in [6.45, 7) is 3.55. The van der Waals surface area contributed by atoms with Crippen LogP contribution in [0.5, 0.6) is 5.75 Å². The molecule has 0 radical (unpaired) electrons. The average molecular weight is 340 g/mol. The molecule has 6 nitrogen and oxygen atoms in total. The fraction of sp³-hybridized carbons (Fsp3) is 0.500. The van der Waals surface area contributed by atoms with Gasteiger partial charge in [-0.2, -0.15) is 0 Å². The molecule has 2 heterocycles. The Morgan fingerprint density at radius 1 is 1.30 bits per heavy atom. The smallest absolute Gasteiger partial charge is 0.228 e. The normalized spacial score (nSPS) is 21.1. The van der Waals surface area contributed by atoms with Gasteiger partial charge in [0.25, 0.3) is 0 Å². The molecule has 2 saturated heterocycles. The van der Waals surface area contributed by atoms with Crippen molar-refractivity contribution in [3.63, 3.8) is 0 Å². The standard InChI is InChI=1S/C16H21N3O3.ClH/c1-22-14-4-2-3-13(10-14)19-11-12(9-15(19)20)16(21)18-7-5-17-6-8-18;/h2-4,10,12,17H,5-9,11H2,1H3;1H. The predicted molar refractivity (Wildman–Crippen MR) is 90.2 cm³/mol. The Morgan fingerprint density at radius 3 is 2.74 bits per heavy atom. The highest BCUT2D eigenvalue weighted by molar-refractivity contribution is 6.00. The third-order valence-corrected chi connectivity index (χ3v) is 4.27. The van der Waals surface area contributed by atoms with Gasteiger partial charge >= 0.3 is 0 Å². The molecule has 0 spiro atoms. The number of nitrogens with zero attached hydrogens (tertiary/aromatic N) is 2. The molecule has 0 saturated carbocycles. The zero-order chi connectivity index (χ0) is 15.5. The van der Waals surface area contributed by atoms with Gasteiger partial charge in [-0.25, -0.2) is 0 Å². The van der Waals surface area contributed by atoms with E-state index in [4.69, 9.17) is 4.74 Å². The van der Waals surface area contributed by atoms with Crippen molar-refractivity contribution in [1.82, 2.24) is 10.2 Å². The maximum Gasteiger partial charge on any atom is 0.228 e. The molecule has 1 unspecified atom stereocenters. The van der Waals surface area contributed by atoms with Gasteiger partial charge in [-0.3, -0.25) is 9.59 Å². The average Bonchev–Trinajstić information content (AvgIpc) is 2.97. The van der Waals surface area contributed by atoms with Gasteiger partial charge in [0.1, 0.15) is 5.75 Å². The maximum absolute atomic E-state index is 12.5. The number of benzene rings is 1. The first-order valence-electron chi connectivity index (χ1n) is 7.63. The number of piperazine rings is 1. The van der Waals surface area contributed by atoms with Gasteiger partial charge in [-0.15, -0.1) is 12.4 Å². The van der Waals surface area contributed by atoms with Crippen molar-refractivity contribution in [1.29, 1.82) is 0 Å². The lowest BCUT2D eigenvalue weighted by Crippen LogP contribution is -2.48. The Hall–Kier alpha value is -1.79. The number of halogens is 1. The van der Waals surface area contributed by atoms with E-state index in [0.29, 0.717) is 18.7 Å². The molecule has 0 aromatic heterocycles. The van der Waals surface area contributed by atoms with Crippen LogP contribution in [0.4, 0.5) is 5.69 Å². The molecule has 2 amide bonds. The van der Waals surface area contributed by atoms with Crippen molar-refractivity contribution in [2.45, 2.75) is 6.42 Å². The van der Waals surface area contributed by atoms with Crippen LogP contribution < -0.4 is 15.0 Å². The van der Waals surface area contributed by atoms with Crippen LogP contribution in [0.2, 0.25) is 0 Å². The van der Waals surface area contributed by atoms with Gasteiger partial charge in [0.2, 0.25) is 11.8 Å². The molecule has 0 bridgehead atoms. The van der Waals surface area contributed by atoms with Crippen LogP contribution in [0.15, 0.2) is 24.3 Å². The highest BCUT2D eigenvalue weighted by atomic mass is 35.5. The minimum atomic E-state index is -0.239. The van der Waals surface area contributed by atoms with Crippen LogP contribution in [0.1, 0.15) is 6.42 Å². The zero-order valence-electron chi connectivity index (χ0n) is 13.2. The van der Waals surface area contributed by atoms with E-state index in [9.17, 15) is 9.59 Å². The molecule has 1 N–H and O–H groups in total. The van der Waals surface area contributed by atoms with Gasteiger partial charge in [0.05, 0.1) is 13.0 Å². The molecule has 7 heteroatoms. The van der Waals surface area contributed by atoms with Crippen LogP contribution in [0, 0.1) is 5.92 Å². The monoisotopic (exact) mass is 339 g/mol. The van der Waals surface area contributed by atoms with Gasteiger partial charge in [-0.1, -0.05) is 6.07 Å². The lowest BCUT2D eigenvalue weighted by atomic mass is 10.1. The maximum atomic E-state index is 12.5. The second-order valence-corrected chi connectivity index (χ2v) is 5.68. The SMILES string of the molecule is COc1cccc(N2CC(C(=O)N3CCNCC3)CC2=O)c1.Cl. The number of carbonyl (C=O) groups excluding carboxylic acids is 2. The number of amides is 2. The Labute approximate surface area is 142 Å². The Balaban J connectivity index is 0.00000192. The fourth-order valence-corrected chi connectivity index (χ4v) is 3.04. The van der Waals surface area contributed by atoms with Crippen LogP contribution >= 0.6 is 12.4 Å². The van der Waals surface area contributed by atoms with Crippen molar-refractivity contribution in [2.75, 3.05) is 44.7 Å². The summed E-state index contributed by atoms with van der Waals surface area (Å²) in [6, 6.07) is 7.40. The second-order valence-electron chi connectivity index (χ2n) is 5.68. The molecular weight excluding hydrogens is 318 g/mol. The Morgan fingerprint density at radius 2 is 2.04 bits per heavy atom. The fourth-order valence-electron chi connectivity index (χ4n) is 3.04. The molecule has 126 valence electrons. The van der Waals surface area contributed by atoms with E-state index in [1.54, 1.807) is 12.0 Å². The summed E-state index contributed by atoms with van der Waals surface area (Å²) in [5, 5.41) is 3.23. The number of nitrogens with one attached hydrogen (secondary N) is 1. The molecule has 2 aliphatic heterocycles. The zero-order valence-corrected chi connectivity index (χ0v) is 14.0. The highest BCUT2D eigenvalue weighted by Gasteiger charge is 2.37. The first kappa shape index (κ1) is 17.6. The first-order chi connectivity index (χ1) is 10.7. The van der Waals surface area contributed by atoms with Crippen molar-refractivity contribution >= 4 is 29.9 Å². The third-order valence-electron chi connectivity index (χ3n) is 4.27. The highest BCUT2D eigenvalue weighted by Crippen LogP contribution is 2.28. The van der Waals surface area contributed by atoms with E-state index in [1.165, 1.54) is 0 Å². The van der Waals surface area contributed by atoms with Crippen molar-refractivity contribution in [2.24, 2.45) is 5.92 Å². The van der Waals surface area contributed by atoms with Crippen LogP contribution in [-0.4, -0.2) is 56.5 Å². The molecule has 2 fully saturated rings. The van der Waals surface area contributed by atoms with E-state index in [1.807, 2.05) is 29.2 Å². The van der Waals surface area contributed by atoms with Crippen LogP contribution in [-0.2, 0) is 9.59 Å². The van der Waals surface area contributed by atoms with Gasteiger partial charge in [0.15, 0.2) is 0 Å². The second kappa shape index (κ2) is 7.66. The van der Waals surface area contributed by atoms with Crippen molar-refractivity contribution < 1.29 is 14.3 Å². The quantitative estimate of drug-likeness (QED) is 0.889. The molecule has 1 atom stereocenters. The van der Waals surface area contributed by atoms with Gasteiger partial charge in [-0.05, 0) is 12.1 Å². The lowest BCUT2D eigenvalue weighted by molar-refractivity contribution is -0.136. The topological polar surface area (TPSA) is 61.9 Å². The molecule has 1 aromatic carbocycles. The number of anilines is 1. The Kier molecular flexibility index (Phi) is 5.85. The minimum absolute atomic E-state index is 0. The third kappa shape index (κ3) is 3.76. The number of methoxy groups -OCH3 is 1. The summed E-state index contributed by atoms with van der Waals surface area (Å²) in [4.78, 5) is 28.4. The number of hydrogen-bond acceptors (Lipinski definition) is 4. The van der Waals surface area contributed by atoms with E-state index < -0.39 is 0 Å². The minimum Gasteiger partial charge on any atom is -0.497 e. The summed E-state index contributed by atoms with van der Waals surface area (Å²) in [6.07, 6.45) is 0.292. The van der Waals surface area contributed by atoms with E-state index in [2.05, 4.69) is 5.32 Å².